The number of hydrogen-bond donors (Lipinski definition) is 1. The van der Waals surface area contributed by atoms with Crippen molar-refractivity contribution in [1.29, 1.82) is 0 Å². The molecule has 176 valence electrons. The molecule has 1 saturated heterocycles. The first-order chi connectivity index (χ1) is 16.4. The maximum atomic E-state index is 13.2. The van der Waals surface area contributed by atoms with Crippen LogP contribution in [0.5, 0.6) is 5.75 Å². The molecule has 4 heterocycles. The number of nitrogens with zero attached hydrogens (tertiary/aromatic N) is 3. The lowest BCUT2D eigenvalue weighted by atomic mass is 9.83. The standard InChI is InChI=1S/C24H24N4O5S/c1-33-18-5-7-19(8-6-18)34(31,32)26-21-9-10-22-17-12-16(14-28(22)24(21)30)13-27(15-17)23(29)20-4-2-3-11-25-20/h2-11,16-17,26H,12-15H2,1H3/t16-,17+/m0/s1. The second kappa shape index (κ2) is 8.60. The van der Waals surface area contributed by atoms with Crippen molar-refractivity contribution >= 4 is 21.6 Å². The van der Waals surface area contributed by atoms with Gasteiger partial charge in [-0.2, -0.15) is 0 Å². The number of carbonyl (C=O) groups excluding carboxylic acids is 1. The van der Waals surface area contributed by atoms with E-state index in [4.69, 9.17) is 4.74 Å². The quantitative estimate of drug-likeness (QED) is 0.600. The van der Waals surface area contributed by atoms with Crippen molar-refractivity contribution in [1.82, 2.24) is 14.5 Å². The lowest BCUT2D eigenvalue weighted by Crippen LogP contribution is -2.49. The van der Waals surface area contributed by atoms with Gasteiger partial charge < -0.3 is 14.2 Å². The number of methoxy groups -OCH3 is 1. The number of ether oxygens (including phenoxy) is 1. The van der Waals surface area contributed by atoms with E-state index in [9.17, 15) is 18.0 Å². The van der Waals surface area contributed by atoms with E-state index in [1.165, 1.54) is 25.3 Å². The summed E-state index contributed by atoms with van der Waals surface area (Å²) in [5.41, 5.74) is 0.838. The molecule has 2 bridgehead atoms. The van der Waals surface area contributed by atoms with Crippen molar-refractivity contribution in [2.75, 3.05) is 24.9 Å². The number of anilines is 1. The first-order valence-electron chi connectivity index (χ1n) is 11.0. The van der Waals surface area contributed by atoms with Crippen molar-refractivity contribution in [3.63, 3.8) is 0 Å². The van der Waals surface area contributed by atoms with E-state index in [1.807, 2.05) is 0 Å². The highest BCUT2D eigenvalue weighted by atomic mass is 32.2. The fourth-order valence-corrected chi connectivity index (χ4v) is 5.86. The number of amides is 1. The number of piperidine rings is 1. The maximum Gasteiger partial charge on any atom is 0.275 e. The molecular formula is C24H24N4O5S. The number of rotatable bonds is 5. The Bertz CT molecular complexity index is 1390. The number of carbonyl (C=O) groups is 1. The second-order valence-electron chi connectivity index (χ2n) is 8.59. The fourth-order valence-electron chi connectivity index (χ4n) is 4.80. The Kier molecular flexibility index (Phi) is 5.60. The Morgan fingerprint density at radius 3 is 2.56 bits per heavy atom. The molecule has 34 heavy (non-hydrogen) atoms. The molecule has 2 aliphatic rings. The molecule has 0 saturated carbocycles. The van der Waals surface area contributed by atoms with E-state index in [2.05, 4.69) is 9.71 Å². The smallest absolute Gasteiger partial charge is 0.275 e. The SMILES string of the molecule is COc1ccc(S(=O)(=O)Nc2ccc3n(c2=O)C[C@H]2C[C@@H]3CN(C(=O)c3ccccn3)C2)cc1. The van der Waals surface area contributed by atoms with Crippen molar-refractivity contribution in [2.24, 2.45) is 5.92 Å². The van der Waals surface area contributed by atoms with Gasteiger partial charge in [0.15, 0.2) is 0 Å². The summed E-state index contributed by atoms with van der Waals surface area (Å²) >= 11 is 0. The second-order valence-corrected chi connectivity index (χ2v) is 10.3. The lowest BCUT2D eigenvalue weighted by Gasteiger charge is -2.42. The van der Waals surface area contributed by atoms with Gasteiger partial charge in [-0.3, -0.25) is 19.3 Å². The predicted octanol–water partition coefficient (Wildman–Crippen LogP) is 2.31. The van der Waals surface area contributed by atoms with Crippen LogP contribution in [0.15, 0.2) is 70.5 Å². The van der Waals surface area contributed by atoms with Crippen LogP contribution in [0.1, 0.15) is 28.5 Å². The van der Waals surface area contributed by atoms with Crippen LogP contribution in [0.4, 0.5) is 5.69 Å². The minimum atomic E-state index is -3.94. The molecule has 2 aliphatic heterocycles. The van der Waals surface area contributed by atoms with Gasteiger partial charge in [-0.15, -0.1) is 0 Å². The molecule has 9 nitrogen and oxygen atoms in total. The van der Waals surface area contributed by atoms with Crippen molar-refractivity contribution < 1.29 is 17.9 Å². The number of nitrogens with one attached hydrogen (secondary N) is 1. The van der Waals surface area contributed by atoms with Gasteiger partial charge in [0.25, 0.3) is 21.5 Å². The maximum absolute atomic E-state index is 13.2. The number of pyridine rings is 2. The van der Waals surface area contributed by atoms with Gasteiger partial charge in [0, 0.05) is 37.4 Å². The van der Waals surface area contributed by atoms with Gasteiger partial charge in [0.1, 0.15) is 17.1 Å². The molecule has 2 aromatic heterocycles. The highest BCUT2D eigenvalue weighted by Crippen LogP contribution is 2.36. The Morgan fingerprint density at radius 2 is 1.85 bits per heavy atom. The Balaban J connectivity index is 1.39. The van der Waals surface area contributed by atoms with Crippen LogP contribution in [0, 0.1) is 5.92 Å². The minimum absolute atomic E-state index is 0.0000996. The third-order valence-corrected chi connectivity index (χ3v) is 7.77. The molecule has 0 radical (unpaired) electrons. The zero-order chi connectivity index (χ0) is 23.9. The molecule has 0 unspecified atom stereocenters. The number of aromatic nitrogens is 2. The molecule has 1 fully saturated rings. The average molecular weight is 481 g/mol. The van der Waals surface area contributed by atoms with Crippen LogP contribution in [-0.4, -0.2) is 49.0 Å². The van der Waals surface area contributed by atoms with E-state index in [1.54, 1.807) is 52.1 Å². The average Bonchev–Trinajstić information content (AvgIpc) is 2.86. The van der Waals surface area contributed by atoms with E-state index < -0.39 is 10.0 Å². The number of fused-ring (bicyclic) bond motifs is 4. The first kappa shape index (κ1) is 22.1. The van der Waals surface area contributed by atoms with E-state index in [-0.39, 0.29) is 33.9 Å². The van der Waals surface area contributed by atoms with Gasteiger partial charge in [0.2, 0.25) is 0 Å². The highest BCUT2D eigenvalue weighted by Gasteiger charge is 2.37. The topological polar surface area (TPSA) is 111 Å². The third-order valence-electron chi connectivity index (χ3n) is 6.39. The van der Waals surface area contributed by atoms with Crippen molar-refractivity contribution in [3.8, 4) is 5.75 Å². The van der Waals surface area contributed by atoms with Gasteiger partial charge in [-0.1, -0.05) is 6.07 Å². The molecule has 0 spiro atoms. The van der Waals surface area contributed by atoms with Gasteiger partial charge in [-0.25, -0.2) is 8.42 Å². The summed E-state index contributed by atoms with van der Waals surface area (Å²) < 4.78 is 34.8. The van der Waals surface area contributed by atoms with E-state index in [0.717, 1.165) is 12.1 Å². The molecule has 1 N–H and O–H groups in total. The third kappa shape index (κ3) is 4.05. The van der Waals surface area contributed by atoms with Crippen LogP contribution in [-0.2, 0) is 16.6 Å². The summed E-state index contributed by atoms with van der Waals surface area (Å²) in [6.07, 6.45) is 2.48. The zero-order valence-electron chi connectivity index (χ0n) is 18.5. The molecule has 1 aromatic carbocycles. The van der Waals surface area contributed by atoms with Crippen LogP contribution in [0.2, 0.25) is 0 Å². The number of likely N-dealkylation sites (tertiary alicyclic amines) is 1. The van der Waals surface area contributed by atoms with Gasteiger partial charge >= 0.3 is 0 Å². The lowest BCUT2D eigenvalue weighted by molar-refractivity contribution is 0.0589. The molecule has 2 atom stereocenters. The van der Waals surface area contributed by atoms with Gasteiger partial charge in [0.05, 0.1) is 12.0 Å². The predicted molar refractivity (Wildman–Crippen MR) is 125 cm³/mol. The largest absolute Gasteiger partial charge is 0.497 e. The Hall–Kier alpha value is -3.66. The molecule has 5 rings (SSSR count). The van der Waals surface area contributed by atoms with E-state index >= 15 is 0 Å². The summed E-state index contributed by atoms with van der Waals surface area (Å²) in [4.78, 5) is 32.1. The summed E-state index contributed by atoms with van der Waals surface area (Å²) in [7, 11) is -2.44. The zero-order valence-corrected chi connectivity index (χ0v) is 19.4. The minimum Gasteiger partial charge on any atom is -0.497 e. The van der Waals surface area contributed by atoms with Crippen LogP contribution in [0.25, 0.3) is 0 Å². The molecule has 1 amide bonds. The monoisotopic (exact) mass is 480 g/mol. The molecule has 0 aliphatic carbocycles. The van der Waals surface area contributed by atoms with Gasteiger partial charge in [-0.05, 0) is 60.9 Å². The molecule has 3 aromatic rings. The van der Waals surface area contributed by atoms with E-state index in [0.29, 0.717) is 31.1 Å². The van der Waals surface area contributed by atoms with Crippen molar-refractivity contribution in [2.45, 2.75) is 23.8 Å². The summed E-state index contributed by atoms with van der Waals surface area (Å²) in [6, 6.07) is 14.5. The number of benzene rings is 1. The van der Waals surface area contributed by atoms with Crippen molar-refractivity contribution in [3.05, 3.63) is 82.5 Å². The Labute approximate surface area is 197 Å². The Morgan fingerprint density at radius 1 is 1.06 bits per heavy atom. The fraction of sp³-hybridized carbons (Fsp3) is 0.292. The normalized spacial score (nSPS) is 19.3. The van der Waals surface area contributed by atoms with Crippen LogP contribution < -0.4 is 15.0 Å². The van der Waals surface area contributed by atoms with Crippen LogP contribution in [0.3, 0.4) is 0 Å². The number of hydrogen-bond acceptors (Lipinski definition) is 6. The first-order valence-corrected chi connectivity index (χ1v) is 12.4. The number of sulfonamides is 1. The summed E-state index contributed by atoms with van der Waals surface area (Å²) in [5.74, 6) is 0.523. The molecule has 10 heteroatoms. The van der Waals surface area contributed by atoms with Crippen LogP contribution >= 0.6 is 0 Å². The molecular weight excluding hydrogens is 456 g/mol. The summed E-state index contributed by atoms with van der Waals surface area (Å²) in [5, 5.41) is 0. The summed E-state index contributed by atoms with van der Waals surface area (Å²) in [6.45, 7) is 1.44. The highest BCUT2D eigenvalue weighted by molar-refractivity contribution is 7.92.